The lowest BCUT2D eigenvalue weighted by molar-refractivity contribution is -0.596. The predicted molar refractivity (Wildman–Crippen MR) is 125 cm³/mol. The molecule has 0 radical (unpaired) electrons. The Bertz CT molecular complexity index is 1150. The third-order valence-electron chi connectivity index (χ3n) is 4.90. The standard InChI is InChI=1S/C23H16BrCl2N3O2/c24-17-7-1-14(2-8-17)13-29-21(15-3-9-18(25)10-4-15)20(23(31)28-29)27-22(30)16-5-11-19(26)12-6-16/h1-13,20-21H,(H-,27,28,30,31)/p+1/b29-13-/t20-,21+/m0/s1. The number of nitrogens with zero attached hydrogens (tertiary/aromatic N) is 1. The maximum Gasteiger partial charge on any atom is 0.304 e. The molecule has 1 aliphatic rings. The van der Waals surface area contributed by atoms with Crippen LogP contribution in [0.15, 0.2) is 77.3 Å². The average molecular weight is 518 g/mol. The first-order chi connectivity index (χ1) is 14.9. The molecule has 0 aliphatic carbocycles. The van der Waals surface area contributed by atoms with E-state index in [-0.39, 0.29) is 11.8 Å². The van der Waals surface area contributed by atoms with Gasteiger partial charge in [0, 0.05) is 31.2 Å². The molecule has 0 saturated carbocycles. The van der Waals surface area contributed by atoms with Crippen molar-refractivity contribution in [2.24, 2.45) is 0 Å². The fourth-order valence-corrected chi connectivity index (χ4v) is 3.89. The lowest BCUT2D eigenvalue weighted by Gasteiger charge is -2.15. The topological polar surface area (TPSA) is 61.2 Å². The van der Waals surface area contributed by atoms with Crippen LogP contribution < -0.4 is 10.7 Å². The summed E-state index contributed by atoms with van der Waals surface area (Å²) in [6, 6.07) is 20.1. The molecule has 1 aliphatic heterocycles. The number of amides is 2. The number of nitrogens with one attached hydrogen (secondary N) is 2. The zero-order chi connectivity index (χ0) is 22.0. The van der Waals surface area contributed by atoms with E-state index >= 15 is 0 Å². The van der Waals surface area contributed by atoms with Gasteiger partial charge in [-0.2, -0.15) is 0 Å². The molecule has 0 aromatic heterocycles. The number of hydrogen-bond donors (Lipinski definition) is 2. The maximum atomic E-state index is 12.9. The third kappa shape index (κ3) is 4.98. The molecule has 2 amide bonds. The zero-order valence-corrected chi connectivity index (χ0v) is 19.2. The number of carbonyl (C=O) groups is 2. The lowest BCUT2D eigenvalue weighted by atomic mass is 10.00. The predicted octanol–water partition coefficient (Wildman–Crippen LogP) is 4.77. The monoisotopic (exact) mass is 516 g/mol. The van der Waals surface area contributed by atoms with Crippen molar-refractivity contribution < 1.29 is 14.3 Å². The van der Waals surface area contributed by atoms with Crippen LogP contribution in [0, 0.1) is 0 Å². The summed E-state index contributed by atoms with van der Waals surface area (Å²) in [5, 5.41) is 3.98. The lowest BCUT2D eigenvalue weighted by Crippen LogP contribution is -2.42. The van der Waals surface area contributed by atoms with Crippen LogP contribution >= 0.6 is 39.1 Å². The zero-order valence-electron chi connectivity index (χ0n) is 16.1. The molecule has 31 heavy (non-hydrogen) atoms. The summed E-state index contributed by atoms with van der Waals surface area (Å²) in [5.41, 5.74) is 5.00. The highest BCUT2D eigenvalue weighted by Crippen LogP contribution is 2.27. The Kier molecular flexibility index (Phi) is 6.41. The van der Waals surface area contributed by atoms with Gasteiger partial charge in [-0.3, -0.25) is 9.59 Å². The van der Waals surface area contributed by atoms with Gasteiger partial charge in [-0.05, 0) is 60.7 Å². The van der Waals surface area contributed by atoms with Crippen molar-refractivity contribution in [1.29, 1.82) is 0 Å². The van der Waals surface area contributed by atoms with Crippen molar-refractivity contribution in [2.45, 2.75) is 12.1 Å². The average Bonchev–Trinajstić information content (AvgIpc) is 3.05. The second-order valence-corrected chi connectivity index (χ2v) is 8.81. The highest BCUT2D eigenvalue weighted by atomic mass is 79.9. The Morgan fingerprint density at radius 2 is 1.52 bits per heavy atom. The fraction of sp³-hybridized carbons (Fsp3) is 0.0870. The Morgan fingerprint density at radius 3 is 2.13 bits per heavy atom. The van der Waals surface area contributed by atoms with Crippen molar-refractivity contribution in [3.8, 4) is 0 Å². The first-order valence-electron chi connectivity index (χ1n) is 9.42. The molecule has 0 unspecified atom stereocenters. The molecule has 5 nitrogen and oxygen atoms in total. The van der Waals surface area contributed by atoms with Crippen LogP contribution in [-0.4, -0.2) is 28.8 Å². The summed E-state index contributed by atoms with van der Waals surface area (Å²) in [6.07, 6.45) is 1.83. The first-order valence-corrected chi connectivity index (χ1v) is 11.0. The Labute approximate surface area is 197 Å². The second-order valence-electron chi connectivity index (χ2n) is 7.02. The highest BCUT2D eigenvalue weighted by molar-refractivity contribution is 9.10. The number of halogens is 3. The van der Waals surface area contributed by atoms with Crippen molar-refractivity contribution in [3.63, 3.8) is 0 Å². The summed E-state index contributed by atoms with van der Waals surface area (Å²) in [4.78, 5) is 25.7. The van der Waals surface area contributed by atoms with E-state index in [0.29, 0.717) is 15.6 Å². The van der Waals surface area contributed by atoms with Crippen molar-refractivity contribution in [3.05, 3.63) is 104 Å². The molecule has 1 heterocycles. The van der Waals surface area contributed by atoms with Crippen LogP contribution in [0.3, 0.4) is 0 Å². The Hall–Kier alpha value is -2.67. The van der Waals surface area contributed by atoms with E-state index in [9.17, 15) is 9.59 Å². The molecular formula is C23H17BrCl2N3O2+. The van der Waals surface area contributed by atoms with Crippen LogP contribution in [0.5, 0.6) is 0 Å². The van der Waals surface area contributed by atoms with Gasteiger partial charge in [-0.25, -0.2) is 0 Å². The van der Waals surface area contributed by atoms with E-state index in [4.69, 9.17) is 23.2 Å². The van der Waals surface area contributed by atoms with Crippen LogP contribution in [0.25, 0.3) is 0 Å². The van der Waals surface area contributed by atoms with E-state index in [1.807, 2.05) is 42.6 Å². The largest absolute Gasteiger partial charge is 0.334 e. The van der Waals surface area contributed by atoms with E-state index in [1.54, 1.807) is 41.1 Å². The Balaban J connectivity index is 1.69. The van der Waals surface area contributed by atoms with E-state index < -0.39 is 12.1 Å². The smallest absolute Gasteiger partial charge is 0.304 e. The minimum absolute atomic E-state index is 0.310. The van der Waals surface area contributed by atoms with Crippen molar-refractivity contribution >= 4 is 57.2 Å². The molecule has 0 spiro atoms. The minimum Gasteiger partial charge on any atom is -0.334 e. The van der Waals surface area contributed by atoms with Gasteiger partial charge in [0.2, 0.25) is 12.3 Å². The van der Waals surface area contributed by atoms with E-state index in [1.165, 1.54) is 0 Å². The van der Waals surface area contributed by atoms with Gasteiger partial charge in [0.1, 0.15) is 0 Å². The maximum absolute atomic E-state index is 12.9. The molecule has 4 rings (SSSR count). The number of hydrazone groups is 1. The van der Waals surface area contributed by atoms with E-state index in [2.05, 4.69) is 26.7 Å². The van der Waals surface area contributed by atoms with Crippen molar-refractivity contribution in [1.82, 2.24) is 10.7 Å². The van der Waals surface area contributed by atoms with Gasteiger partial charge < -0.3 is 5.32 Å². The Morgan fingerprint density at radius 1 is 0.935 bits per heavy atom. The summed E-state index contributed by atoms with van der Waals surface area (Å²) >= 11 is 15.4. The SMILES string of the molecule is O=C(N[C@@H]1C(=O)N/[N+](=C\c2ccc(Br)cc2)[C@@H]1c1ccc(Cl)cc1)c1ccc(Cl)cc1. The van der Waals surface area contributed by atoms with Gasteiger partial charge in [-0.1, -0.05) is 51.3 Å². The molecule has 156 valence electrons. The number of rotatable bonds is 4. The third-order valence-corrected chi connectivity index (χ3v) is 5.93. The summed E-state index contributed by atoms with van der Waals surface area (Å²) in [5.74, 6) is -0.670. The van der Waals surface area contributed by atoms with Crippen LogP contribution in [0.2, 0.25) is 10.0 Å². The molecule has 3 aromatic rings. The molecular weight excluding hydrogens is 501 g/mol. The van der Waals surface area contributed by atoms with Gasteiger partial charge >= 0.3 is 5.91 Å². The minimum atomic E-state index is -0.809. The summed E-state index contributed by atoms with van der Waals surface area (Å²) in [6.45, 7) is 0. The fourth-order valence-electron chi connectivity index (χ4n) is 3.38. The van der Waals surface area contributed by atoms with Crippen LogP contribution in [0.4, 0.5) is 0 Å². The number of benzene rings is 3. The van der Waals surface area contributed by atoms with Crippen LogP contribution in [-0.2, 0) is 4.79 Å². The molecule has 8 heteroatoms. The van der Waals surface area contributed by atoms with Crippen molar-refractivity contribution in [2.75, 3.05) is 0 Å². The molecule has 1 saturated heterocycles. The van der Waals surface area contributed by atoms with Gasteiger partial charge in [0.15, 0.2) is 6.04 Å². The molecule has 0 bridgehead atoms. The van der Waals surface area contributed by atoms with Crippen LogP contribution in [0.1, 0.15) is 27.5 Å². The highest BCUT2D eigenvalue weighted by Gasteiger charge is 2.47. The summed E-state index contributed by atoms with van der Waals surface area (Å²) in [7, 11) is 0. The first kappa shape index (κ1) is 21.6. The number of carbonyl (C=O) groups excluding carboxylic acids is 2. The molecule has 2 atom stereocenters. The van der Waals surface area contributed by atoms with Gasteiger partial charge in [0.05, 0.1) is 0 Å². The second kappa shape index (κ2) is 9.22. The van der Waals surface area contributed by atoms with Gasteiger partial charge in [0.25, 0.3) is 5.91 Å². The number of hydrogen-bond acceptors (Lipinski definition) is 2. The van der Waals surface area contributed by atoms with E-state index in [0.717, 1.165) is 15.6 Å². The van der Waals surface area contributed by atoms with Gasteiger partial charge in [-0.15, -0.1) is 10.1 Å². The normalized spacial score (nSPS) is 19.3. The number of hydrazine groups is 1. The summed E-state index contributed by atoms with van der Waals surface area (Å²) < 4.78 is 2.67. The molecule has 3 aromatic carbocycles. The molecule has 1 fully saturated rings. The molecule has 2 N–H and O–H groups in total. The quantitative estimate of drug-likeness (QED) is 0.489.